The zero-order chi connectivity index (χ0) is 30.3. The zero-order valence-electron chi connectivity index (χ0n) is 25.4. The molecule has 0 bridgehead atoms. The minimum Gasteiger partial charge on any atom is -0.543 e. The molecule has 3 heterocycles. The topological polar surface area (TPSA) is 120 Å². The minimum atomic E-state index is -2.13. The van der Waals surface area contributed by atoms with Crippen LogP contribution in [-0.4, -0.2) is 59.3 Å². The number of anilines is 1. The molecule has 41 heavy (non-hydrogen) atoms. The fourth-order valence-corrected chi connectivity index (χ4v) is 5.73. The Morgan fingerprint density at radius 2 is 1.76 bits per heavy atom. The highest BCUT2D eigenvalue weighted by Gasteiger charge is 2.39. The van der Waals surface area contributed by atoms with E-state index in [1.54, 1.807) is 45.0 Å². The number of nitro groups is 1. The van der Waals surface area contributed by atoms with E-state index in [1.807, 2.05) is 17.0 Å². The Bertz CT molecular complexity index is 1450. The molecule has 1 aliphatic rings. The van der Waals surface area contributed by atoms with Crippen LogP contribution in [-0.2, 0) is 4.74 Å². The summed E-state index contributed by atoms with van der Waals surface area (Å²) in [7, 11) is -2.13. The quantitative estimate of drug-likeness (QED) is 0.188. The summed E-state index contributed by atoms with van der Waals surface area (Å²) in [5.41, 5.74) is 0.327. The normalized spacial score (nSPS) is 15.3. The van der Waals surface area contributed by atoms with Gasteiger partial charge in [-0.2, -0.15) is 0 Å². The van der Waals surface area contributed by atoms with Gasteiger partial charge < -0.3 is 29.3 Å². The van der Waals surface area contributed by atoms with Gasteiger partial charge in [-0.3, -0.25) is 0 Å². The lowest BCUT2D eigenvalue weighted by Crippen LogP contribution is -2.43. The number of pyridine rings is 1. The van der Waals surface area contributed by atoms with Crippen molar-refractivity contribution < 1.29 is 24.0 Å². The molecule has 1 saturated heterocycles. The van der Waals surface area contributed by atoms with E-state index in [2.05, 4.69) is 38.8 Å². The maximum absolute atomic E-state index is 13.5. The first-order valence-electron chi connectivity index (χ1n) is 14.1. The highest BCUT2D eigenvalue weighted by Crippen LogP contribution is 2.40. The van der Waals surface area contributed by atoms with Crippen LogP contribution in [0.3, 0.4) is 0 Å². The average molecular weight is 583 g/mol. The second-order valence-electron chi connectivity index (χ2n) is 13.3. The zero-order valence-corrected chi connectivity index (χ0v) is 26.4. The molecule has 3 aromatic rings. The van der Waals surface area contributed by atoms with Crippen molar-refractivity contribution in [2.75, 3.05) is 24.6 Å². The number of rotatable bonds is 6. The van der Waals surface area contributed by atoms with E-state index >= 15 is 0 Å². The number of piperidine rings is 1. The Hall–Kier alpha value is -3.44. The summed E-state index contributed by atoms with van der Waals surface area (Å²) < 4.78 is 13.6. The van der Waals surface area contributed by atoms with Crippen molar-refractivity contribution >= 4 is 36.9 Å². The summed E-state index contributed by atoms with van der Waals surface area (Å²) in [6, 6.07) is 10.7. The van der Waals surface area contributed by atoms with Gasteiger partial charge >= 0.3 is 11.9 Å². The molecule has 0 atom stereocenters. The van der Waals surface area contributed by atoms with E-state index in [9.17, 15) is 20.0 Å². The lowest BCUT2D eigenvalue weighted by Gasteiger charge is -2.36. The first-order chi connectivity index (χ1) is 19.0. The maximum Gasteiger partial charge on any atom is 0.419 e. The van der Waals surface area contributed by atoms with Gasteiger partial charge in [0.15, 0.2) is 0 Å². The summed E-state index contributed by atoms with van der Waals surface area (Å²) in [4.78, 5) is 31.8. The van der Waals surface area contributed by atoms with Crippen molar-refractivity contribution in [2.24, 2.45) is 5.92 Å². The number of nitrogens with zero attached hydrogens (tertiary/aromatic N) is 4. The number of hydrogen-bond acceptors (Lipinski definition) is 8. The van der Waals surface area contributed by atoms with Crippen LogP contribution < -0.4 is 9.33 Å². The highest BCUT2D eigenvalue weighted by molar-refractivity contribution is 6.74. The number of aliphatic hydroxyl groups is 1. The molecule has 0 aliphatic carbocycles. The van der Waals surface area contributed by atoms with Gasteiger partial charge in [0.2, 0.25) is 14.1 Å². The number of fused-ring (bicyclic) bond motifs is 1. The Morgan fingerprint density at radius 1 is 1.10 bits per heavy atom. The summed E-state index contributed by atoms with van der Waals surface area (Å²) in [6.07, 6.45) is 0.949. The Morgan fingerprint density at radius 3 is 2.32 bits per heavy atom. The number of carbonyl (C=O) groups is 1. The van der Waals surface area contributed by atoms with Gasteiger partial charge in [-0.05, 0) is 97.9 Å². The van der Waals surface area contributed by atoms with Crippen molar-refractivity contribution in [3.8, 4) is 17.0 Å². The monoisotopic (exact) mass is 582 g/mol. The van der Waals surface area contributed by atoms with Gasteiger partial charge in [0, 0.05) is 31.1 Å². The summed E-state index contributed by atoms with van der Waals surface area (Å²) in [5, 5.41) is 22.5. The van der Waals surface area contributed by atoms with Crippen molar-refractivity contribution in [1.29, 1.82) is 0 Å². The summed E-state index contributed by atoms with van der Waals surface area (Å²) in [5.74, 6) is 1.08. The van der Waals surface area contributed by atoms with Gasteiger partial charge in [0.25, 0.3) is 0 Å². The average Bonchev–Trinajstić information content (AvgIpc) is 3.25. The van der Waals surface area contributed by atoms with Crippen molar-refractivity contribution in [3.05, 3.63) is 46.5 Å². The number of aliphatic hydroxyl groups excluding tert-OH is 1. The molecule has 1 N–H and O–H groups in total. The first-order valence-corrected chi connectivity index (χ1v) is 17.0. The van der Waals surface area contributed by atoms with E-state index < -0.39 is 24.9 Å². The summed E-state index contributed by atoms with van der Waals surface area (Å²) in [6.45, 7) is 17.6. The van der Waals surface area contributed by atoms with Gasteiger partial charge in [-0.25, -0.2) is 9.36 Å². The maximum atomic E-state index is 13.5. The second kappa shape index (κ2) is 11.1. The molecule has 0 saturated carbocycles. The number of carbonyl (C=O) groups excluding carboxylic acids is 1. The van der Waals surface area contributed by atoms with E-state index in [0.717, 1.165) is 12.8 Å². The van der Waals surface area contributed by atoms with Crippen LogP contribution in [0.15, 0.2) is 36.4 Å². The first kappa shape index (κ1) is 30.5. The SMILES string of the molecule is CC(C)(C)OC(=O)n1c(-c2ccc(N3CCC(CO)CC3)nc2[N+](=O)[O-])cc2cc(O[Si](C)(C)C(C)(C)C)ccc21. The molecular formula is C30H42N4O6Si. The van der Waals surface area contributed by atoms with Crippen LogP contribution >= 0.6 is 0 Å². The smallest absolute Gasteiger partial charge is 0.419 e. The van der Waals surface area contributed by atoms with Crippen LogP contribution in [0.4, 0.5) is 16.4 Å². The number of benzene rings is 1. The predicted molar refractivity (Wildman–Crippen MR) is 163 cm³/mol. The minimum absolute atomic E-state index is 0.00302. The van der Waals surface area contributed by atoms with Crippen molar-refractivity contribution in [2.45, 2.75) is 78.1 Å². The molecule has 1 aromatic carbocycles. The largest absolute Gasteiger partial charge is 0.543 e. The van der Waals surface area contributed by atoms with E-state index in [4.69, 9.17) is 9.16 Å². The molecule has 1 fully saturated rings. The predicted octanol–water partition coefficient (Wildman–Crippen LogP) is 6.99. The standard InChI is InChI=1S/C30H42N4O6Si/c1-29(2,3)39-28(36)33-24-11-9-22(40-41(7,8)30(4,5)6)17-21(24)18-25(33)23-10-12-26(31-27(23)34(37)38)32-15-13-20(19-35)14-16-32/h9-12,17-18,20,35H,13-16,19H2,1-8H3. The number of hydrogen-bond donors (Lipinski definition) is 1. The lowest BCUT2D eigenvalue weighted by molar-refractivity contribution is -0.388. The molecule has 0 spiro atoms. The van der Waals surface area contributed by atoms with E-state index in [0.29, 0.717) is 41.3 Å². The third kappa shape index (κ3) is 6.56. The van der Waals surface area contributed by atoms with Crippen LogP contribution in [0.1, 0.15) is 54.4 Å². The van der Waals surface area contributed by atoms with Crippen molar-refractivity contribution in [1.82, 2.24) is 9.55 Å². The Labute approximate surface area is 242 Å². The van der Waals surface area contributed by atoms with E-state index in [1.165, 1.54) is 4.57 Å². The van der Waals surface area contributed by atoms with Crippen LogP contribution in [0.25, 0.3) is 22.2 Å². The third-order valence-electron chi connectivity index (χ3n) is 8.03. The summed E-state index contributed by atoms with van der Waals surface area (Å²) >= 11 is 0. The fraction of sp³-hybridized carbons (Fsp3) is 0.533. The second-order valence-corrected chi connectivity index (χ2v) is 18.1. The number of aromatic nitrogens is 2. The Kier molecular flexibility index (Phi) is 8.25. The molecule has 0 radical (unpaired) electrons. The molecule has 1 aliphatic heterocycles. The van der Waals surface area contributed by atoms with Crippen LogP contribution in [0.5, 0.6) is 5.75 Å². The molecule has 0 unspecified atom stereocenters. The fourth-order valence-electron chi connectivity index (χ4n) is 4.71. The Balaban J connectivity index is 1.83. The molecule has 4 rings (SSSR count). The molecule has 0 amide bonds. The molecule has 10 nitrogen and oxygen atoms in total. The van der Waals surface area contributed by atoms with Gasteiger partial charge in [0.05, 0.1) is 16.8 Å². The van der Waals surface area contributed by atoms with E-state index in [-0.39, 0.29) is 28.9 Å². The van der Waals surface area contributed by atoms with Crippen molar-refractivity contribution in [3.63, 3.8) is 0 Å². The molecule has 11 heteroatoms. The molecule has 2 aromatic heterocycles. The van der Waals surface area contributed by atoms with Gasteiger partial charge in [-0.15, -0.1) is 0 Å². The molecule has 222 valence electrons. The number of ether oxygens (including phenoxy) is 1. The van der Waals surface area contributed by atoms with Gasteiger partial charge in [-0.1, -0.05) is 20.8 Å². The van der Waals surface area contributed by atoms with Crippen LogP contribution in [0.2, 0.25) is 18.1 Å². The van der Waals surface area contributed by atoms with Gasteiger partial charge in [0.1, 0.15) is 11.4 Å². The molecular weight excluding hydrogens is 540 g/mol. The highest BCUT2D eigenvalue weighted by atomic mass is 28.4. The lowest BCUT2D eigenvalue weighted by atomic mass is 9.98. The van der Waals surface area contributed by atoms with Crippen LogP contribution in [0, 0.1) is 16.0 Å². The third-order valence-corrected chi connectivity index (χ3v) is 12.4.